The van der Waals surface area contributed by atoms with Crippen molar-refractivity contribution in [2.24, 2.45) is 5.92 Å². The van der Waals surface area contributed by atoms with Crippen molar-refractivity contribution in [1.29, 1.82) is 0 Å². The number of carboxylic acids is 1. The lowest BCUT2D eigenvalue weighted by Crippen LogP contribution is -2.32. The van der Waals surface area contributed by atoms with E-state index in [0.717, 1.165) is 5.56 Å². The summed E-state index contributed by atoms with van der Waals surface area (Å²) in [7, 11) is 1.54. The number of nitrogens with one attached hydrogen (secondary N) is 2. The first kappa shape index (κ1) is 16.8. The Morgan fingerprint density at radius 1 is 1.38 bits per heavy atom. The van der Waals surface area contributed by atoms with Crippen LogP contribution in [0, 0.1) is 12.8 Å². The molecule has 0 bridgehead atoms. The average molecular weight is 294 g/mol. The fourth-order valence-corrected chi connectivity index (χ4v) is 1.82. The molecule has 1 aromatic rings. The van der Waals surface area contributed by atoms with E-state index in [1.165, 1.54) is 0 Å². The van der Waals surface area contributed by atoms with Crippen LogP contribution >= 0.6 is 0 Å². The minimum absolute atomic E-state index is 0.103. The maximum Gasteiger partial charge on any atom is 0.319 e. The van der Waals surface area contributed by atoms with E-state index in [1.807, 2.05) is 26.0 Å². The van der Waals surface area contributed by atoms with Gasteiger partial charge in [0.05, 0.1) is 12.8 Å². The van der Waals surface area contributed by atoms with Gasteiger partial charge in [-0.3, -0.25) is 4.79 Å². The second-order valence-corrected chi connectivity index (χ2v) is 5.08. The largest absolute Gasteiger partial charge is 0.495 e. The molecule has 0 aliphatic heterocycles. The first-order valence-corrected chi connectivity index (χ1v) is 6.83. The molecule has 0 radical (unpaired) electrons. The number of hydrogen-bond acceptors (Lipinski definition) is 3. The van der Waals surface area contributed by atoms with E-state index < -0.39 is 5.97 Å². The van der Waals surface area contributed by atoms with Gasteiger partial charge in [0.1, 0.15) is 5.75 Å². The molecular formula is C15H22N2O4. The van der Waals surface area contributed by atoms with Gasteiger partial charge in [-0.25, -0.2) is 4.79 Å². The van der Waals surface area contributed by atoms with Gasteiger partial charge in [0.2, 0.25) is 0 Å². The van der Waals surface area contributed by atoms with E-state index in [9.17, 15) is 9.59 Å². The number of carboxylic acid groups (broad SMARTS) is 1. The van der Waals surface area contributed by atoms with Crippen LogP contribution in [-0.2, 0) is 4.79 Å². The Morgan fingerprint density at radius 3 is 2.71 bits per heavy atom. The zero-order chi connectivity index (χ0) is 15.8. The van der Waals surface area contributed by atoms with Crippen molar-refractivity contribution in [3.63, 3.8) is 0 Å². The number of amides is 2. The summed E-state index contributed by atoms with van der Waals surface area (Å²) >= 11 is 0. The number of carbonyl (C=O) groups is 2. The number of methoxy groups -OCH3 is 1. The summed E-state index contributed by atoms with van der Waals surface area (Å²) in [5, 5.41) is 14.1. The quantitative estimate of drug-likeness (QED) is 0.721. The SMILES string of the molecule is COc1ccc(C)cc1NC(=O)NCC(C)CCC(=O)O. The van der Waals surface area contributed by atoms with Crippen LogP contribution in [0.5, 0.6) is 5.75 Å². The van der Waals surface area contributed by atoms with Gasteiger partial charge < -0.3 is 20.5 Å². The number of aliphatic carboxylic acids is 1. The smallest absolute Gasteiger partial charge is 0.319 e. The highest BCUT2D eigenvalue weighted by Gasteiger charge is 2.10. The summed E-state index contributed by atoms with van der Waals surface area (Å²) in [6, 6.07) is 5.18. The molecule has 0 aliphatic rings. The summed E-state index contributed by atoms with van der Waals surface area (Å²) < 4.78 is 5.18. The zero-order valence-corrected chi connectivity index (χ0v) is 12.6. The molecule has 6 heteroatoms. The summed E-state index contributed by atoms with van der Waals surface area (Å²) in [6.07, 6.45) is 0.638. The van der Waals surface area contributed by atoms with Crippen LogP contribution in [-0.4, -0.2) is 30.8 Å². The van der Waals surface area contributed by atoms with Crippen LogP contribution in [0.3, 0.4) is 0 Å². The van der Waals surface area contributed by atoms with Crippen molar-refractivity contribution in [1.82, 2.24) is 5.32 Å². The molecule has 0 saturated carbocycles. The Kier molecular flexibility index (Phi) is 6.52. The highest BCUT2D eigenvalue weighted by molar-refractivity contribution is 5.91. The van der Waals surface area contributed by atoms with E-state index in [2.05, 4.69) is 10.6 Å². The van der Waals surface area contributed by atoms with Crippen molar-refractivity contribution < 1.29 is 19.4 Å². The van der Waals surface area contributed by atoms with Crippen molar-refractivity contribution in [3.05, 3.63) is 23.8 Å². The average Bonchev–Trinajstić information content (AvgIpc) is 2.43. The van der Waals surface area contributed by atoms with Crippen molar-refractivity contribution in [3.8, 4) is 5.75 Å². The molecule has 0 heterocycles. The molecular weight excluding hydrogens is 272 g/mol. The number of hydrogen-bond donors (Lipinski definition) is 3. The minimum Gasteiger partial charge on any atom is -0.495 e. The summed E-state index contributed by atoms with van der Waals surface area (Å²) in [4.78, 5) is 22.3. The highest BCUT2D eigenvalue weighted by atomic mass is 16.5. The van der Waals surface area contributed by atoms with Crippen molar-refractivity contribution in [2.75, 3.05) is 19.0 Å². The summed E-state index contributed by atoms with van der Waals surface area (Å²) in [5.74, 6) is -0.128. The molecule has 116 valence electrons. The van der Waals surface area contributed by atoms with Crippen LogP contribution in [0.25, 0.3) is 0 Å². The molecule has 2 amide bonds. The van der Waals surface area contributed by atoms with Gasteiger partial charge in [0, 0.05) is 13.0 Å². The Bertz CT molecular complexity index is 502. The van der Waals surface area contributed by atoms with E-state index in [4.69, 9.17) is 9.84 Å². The first-order valence-electron chi connectivity index (χ1n) is 6.83. The number of carbonyl (C=O) groups excluding carboxylic acids is 1. The molecule has 1 aromatic carbocycles. The van der Waals surface area contributed by atoms with Gasteiger partial charge in [0.15, 0.2) is 0 Å². The Balaban J connectivity index is 2.47. The van der Waals surface area contributed by atoms with Crippen LogP contribution in [0.4, 0.5) is 10.5 Å². The van der Waals surface area contributed by atoms with E-state index in [0.29, 0.717) is 24.4 Å². The molecule has 1 atom stereocenters. The summed E-state index contributed by atoms with van der Waals surface area (Å²) in [6.45, 7) is 4.25. The van der Waals surface area contributed by atoms with Gasteiger partial charge in [0.25, 0.3) is 0 Å². The van der Waals surface area contributed by atoms with Gasteiger partial charge in [-0.2, -0.15) is 0 Å². The van der Waals surface area contributed by atoms with Gasteiger partial charge in [-0.1, -0.05) is 13.0 Å². The first-order chi connectivity index (χ1) is 9.92. The Hall–Kier alpha value is -2.24. The number of ether oxygens (including phenoxy) is 1. The van der Waals surface area contributed by atoms with Crippen LogP contribution in [0.1, 0.15) is 25.3 Å². The molecule has 1 unspecified atom stereocenters. The lowest BCUT2D eigenvalue weighted by atomic mass is 10.1. The number of benzene rings is 1. The Morgan fingerprint density at radius 2 is 2.10 bits per heavy atom. The number of aryl methyl sites for hydroxylation is 1. The number of urea groups is 1. The fourth-order valence-electron chi connectivity index (χ4n) is 1.82. The number of rotatable bonds is 7. The van der Waals surface area contributed by atoms with E-state index in [1.54, 1.807) is 13.2 Å². The maximum atomic E-state index is 11.8. The highest BCUT2D eigenvalue weighted by Crippen LogP contribution is 2.24. The topological polar surface area (TPSA) is 87.7 Å². The minimum atomic E-state index is -0.823. The fraction of sp³-hybridized carbons (Fsp3) is 0.467. The van der Waals surface area contributed by atoms with Crippen molar-refractivity contribution in [2.45, 2.75) is 26.7 Å². The predicted molar refractivity (Wildman–Crippen MR) is 80.8 cm³/mol. The standard InChI is InChI=1S/C15H22N2O4/c1-10-4-6-13(21-3)12(8-10)17-15(20)16-9-11(2)5-7-14(18)19/h4,6,8,11H,5,7,9H2,1-3H3,(H,18,19)(H2,16,17,20). The molecule has 0 fully saturated rings. The molecule has 0 spiro atoms. The van der Waals surface area contributed by atoms with Gasteiger partial charge in [-0.05, 0) is 37.0 Å². The van der Waals surface area contributed by atoms with Crippen LogP contribution in [0.2, 0.25) is 0 Å². The third kappa shape index (κ3) is 6.16. The predicted octanol–water partition coefficient (Wildman–Crippen LogP) is 2.63. The number of anilines is 1. The molecule has 1 rings (SSSR count). The third-order valence-corrected chi connectivity index (χ3v) is 3.07. The monoisotopic (exact) mass is 294 g/mol. The van der Waals surface area contributed by atoms with Crippen molar-refractivity contribution >= 4 is 17.7 Å². The third-order valence-electron chi connectivity index (χ3n) is 3.07. The van der Waals surface area contributed by atoms with Crippen LogP contribution in [0.15, 0.2) is 18.2 Å². The second-order valence-electron chi connectivity index (χ2n) is 5.08. The van der Waals surface area contributed by atoms with Gasteiger partial charge >= 0.3 is 12.0 Å². The van der Waals surface area contributed by atoms with E-state index in [-0.39, 0.29) is 18.4 Å². The molecule has 21 heavy (non-hydrogen) atoms. The zero-order valence-electron chi connectivity index (χ0n) is 12.6. The molecule has 6 nitrogen and oxygen atoms in total. The normalized spacial score (nSPS) is 11.6. The lowest BCUT2D eigenvalue weighted by molar-refractivity contribution is -0.137. The van der Waals surface area contributed by atoms with Gasteiger partial charge in [-0.15, -0.1) is 0 Å². The van der Waals surface area contributed by atoms with Crippen LogP contribution < -0.4 is 15.4 Å². The summed E-state index contributed by atoms with van der Waals surface area (Å²) in [5.41, 5.74) is 1.62. The lowest BCUT2D eigenvalue weighted by Gasteiger charge is -2.14. The Labute approximate surface area is 124 Å². The second kappa shape index (κ2) is 8.14. The molecule has 0 aromatic heterocycles. The van der Waals surface area contributed by atoms with E-state index >= 15 is 0 Å². The maximum absolute atomic E-state index is 11.8. The molecule has 0 saturated heterocycles. The molecule has 0 aliphatic carbocycles. The molecule has 3 N–H and O–H groups in total.